The van der Waals surface area contributed by atoms with Crippen LogP contribution in [0.25, 0.3) is 0 Å². The number of nitrogens with one attached hydrogen (secondary N) is 2. The van der Waals surface area contributed by atoms with E-state index >= 15 is 0 Å². The van der Waals surface area contributed by atoms with Gasteiger partial charge in [-0.3, -0.25) is 4.79 Å². The summed E-state index contributed by atoms with van der Waals surface area (Å²) in [5.41, 5.74) is -1.22. The largest absolute Gasteiger partial charge is 0.371 e. The quantitative estimate of drug-likeness (QED) is 0.494. The molecule has 0 aliphatic heterocycles. The minimum Gasteiger partial charge on any atom is -0.371 e. The van der Waals surface area contributed by atoms with Gasteiger partial charge in [-0.15, -0.1) is 0 Å². The second-order valence-corrected chi connectivity index (χ2v) is 3.65. The molecule has 0 fully saturated rings. The summed E-state index contributed by atoms with van der Waals surface area (Å²) in [6.07, 6.45) is 0.647. The average molecular weight is 282 g/mol. The normalized spacial score (nSPS) is 10.4. The molecule has 3 nitrogen and oxygen atoms in total. The van der Waals surface area contributed by atoms with E-state index in [9.17, 15) is 26.7 Å². The number of carbonyl (C=O) groups is 1. The third kappa shape index (κ3) is 3.33. The zero-order valence-corrected chi connectivity index (χ0v) is 9.92. The molecule has 0 atom stereocenters. The summed E-state index contributed by atoms with van der Waals surface area (Å²) in [4.78, 5) is 11.2. The van der Waals surface area contributed by atoms with Crippen molar-refractivity contribution in [2.75, 3.05) is 18.4 Å². The van der Waals surface area contributed by atoms with Gasteiger partial charge in [0.25, 0.3) is 0 Å². The third-order valence-electron chi connectivity index (χ3n) is 2.21. The van der Waals surface area contributed by atoms with Gasteiger partial charge in [-0.25, -0.2) is 22.0 Å². The molecule has 106 valence electrons. The van der Waals surface area contributed by atoms with E-state index in [0.717, 1.165) is 0 Å². The van der Waals surface area contributed by atoms with Crippen LogP contribution in [0.1, 0.15) is 13.3 Å². The van der Waals surface area contributed by atoms with Crippen LogP contribution < -0.4 is 10.6 Å². The zero-order chi connectivity index (χ0) is 14.6. The second-order valence-electron chi connectivity index (χ2n) is 3.65. The molecule has 1 amide bonds. The highest BCUT2D eigenvalue weighted by molar-refractivity contribution is 5.80. The Labute approximate surface area is 105 Å². The first-order chi connectivity index (χ1) is 8.90. The molecule has 19 heavy (non-hydrogen) atoms. The maximum absolute atomic E-state index is 13.2. The summed E-state index contributed by atoms with van der Waals surface area (Å²) in [7, 11) is 0. The van der Waals surface area contributed by atoms with Gasteiger partial charge in [0.15, 0.2) is 23.3 Å². The van der Waals surface area contributed by atoms with Crippen molar-refractivity contribution in [3.05, 3.63) is 29.1 Å². The summed E-state index contributed by atoms with van der Waals surface area (Å²) in [6.45, 7) is 1.54. The lowest BCUT2D eigenvalue weighted by molar-refractivity contribution is -0.119. The molecule has 0 radical (unpaired) electrons. The zero-order valence-electron chi connectivity index (χ0n) is 9.92. The van der Waals surface area contributed by atoms with E-state index in [1.165, 1.54) is 0 Å². The van der Waals surface area contributed by atoms with Crippen LogP contribution in [0.4, 0.5) is 27.6 Å². The number of carbonyl (C=O) groups excluding carboxylic acids is 1. The maximum atomic E-state index is 13.2. The molecule has 0 aromatic heterocycles. The van der Waals surface area contributed by atoms with Crippen molar-refractivity contribution in [2.24, 2.45) is 0 Å². The first-order valence-corrected chi connectivity index (χ1v) is 5.42. The van der Waals surface area contributed by atoms with Gasteiger partial charge in [-0.05, 0) is 6.42 Å². The molecule has 8 heteroatoms. The maximum Gasteiger partial charge on any atom is 0.239 e. The van der Waals surface area contributed by atoms with Crippen LogP contribution in [0.2, 0.25) is 0 Å². The average Bonchev–Trinajstić information content (AvgIpc) is 2.40. The Morgan fingerprint density at radius 3 is 1.89 bits per heavy atom. The summed E-state index contributed by atoms with van der Waals surface area (Å²) >= 11 is 0. The Balaban J connectivity index is 2.87. The number of halogens is 5. The lowest BCUT2D eigenvalue weighted by Crippen LogP contribution is -2.31. The minimum absolute atomic E-state index is 0.345. The van der Waals surface area contributed by atoms with Crippen molar-refractivity contribution in [2.45, 2.75) is 13.3 Å². The van der Waals surface area contributed by atoms with Crippen LogP contribution >= 0.6 is 0 Å². The van der Waals surface area contributed by atoms with Gasteiger partial charge in [0.1, 0.15) is 5.69 Å². The number of benzene rings is 1. The highest BCUT2D eigenvalue weighted by Gasteiger charge is 2.25. The van der Waals surface area contributed by atoms with Crippen molar-refractivity contribution in [3.8, 4) is 0 Å². The number of anilines is 1. The molecular weight excluding hydrogens is 271 g/mol. The van der Waals surface area contributed by atoms with Crippen molar-refractivity contribution >= 4 is 11.6 Å². The van der Waals surface area contributed by atoms with E-state index in [-0.39, 0.29) is 0 Å². The summed E-state index contributed by atoms with van der Waals surface area (Å²) in [6, 6.07) is 0. The molecule has 1 aromatic rings. The molecule has 1 aromatic carbocycles. The standard InChI is InChI=1S/C11H11F5N2O/c1-2-3-17-5(19)4-18-11-9(15)7(13)6(12)8(14)10(11)16/h18H,2-4H2,1H3,(H,17,19). The number of hydrogen-bond acceptors (Lipinski definition) is 2. The monoisotopic (exact) mass is 282 g/mol. The fraction of sp³-hybridized carbons (Fsp3) is 0.364. The molecular formula is C11H11F5N2O. The third-order valence-corrected chi connectivity index (χ3v) is 2.21. The van der Waals surface area contributed by atoms with Crippen molar-refractivity contribution in [1.29, 1.82) is 0 Å². The van der Waals surface area contributed by atoms with Gasteiger partial charge in [-0.2, -0.15) is 0 Å². The van der Waals surface area contributed by atoms with Gasteiger partial charge in [0, 0.05) is 6.54 Å². The molecule has 1 rings (SSSR count). The van der Waals surface area contributed by atoms with Crippen molar-refractivity contribution < 1.29 is 26.7 Å². The van der Waals surface area contributed by atoms with E-state index in [2.05, 4.69) is 5.32 Å². The van der Waals surface area contributed by atoms with Crippen LogP contribution in [-0.4, -0.2) is 19.0 Å². The number of amides is 1. The van der Waals surface area contributed by atoms with Gasteiger partial charge >= 0.3 is 0 Å². The highest BCUT2D eigenvalue weighted by Crippen LogP contribution is 2.26. The fourth-order valence-corrected chi connectivity index (χ4v) is 1.26. The van der Waals surface area contributed by atoms with E-state index in [4.69, 9.17) is 0 Å². The first kappa shape index (κ1) is 15.2. The van der Waals surface area contributed by atoms with Crippen LogP contribution in [0.3, 0.4) is 0 Å². The predicted molar refractivity (Wildman–Crippen MR) is 58.0 cm³/mol. The molecule has 0 saturated heterocycles. The Morgan fingerprint density at radius 1 is 0.947 bits per heavy atom. The second kappa shape index (κ2) is 6.35. The number of hydrogen-bond donors (Lipinski definition) is 2. The smallest absolute Gasteiger partial charge is 0.239 e. The van der Waals surface area contributed by atoms with E-state index in [1.54, 1.807) is 6.92 Å². The molecule has 0 spiro atoms. The molecule has 0 saturated carbocycles. The summed E-state index contributed by atoms with van der Waals surface area (Å²) in [5, 5.41) is 4.26. The lowest BCUT2D eigenvalue weighted by Gasteiger charge is -2.10. The Kier molecular flexibility index (Phi) is 5.08. The Morgan fingerprint density at radius 2 is 1.42 bits per heavy atom. The Hall–Kier alpha value is -1.86. The van der Waals surface area contributed by atoms with E-state index in [1.807, 2.05) is 5.32 Å². The van der Waals surface area contributed by atoms with E-state index < -0.39 is 47.2 Å². The topological polar surface area (TPSA) is 41.1 Å². The molecule has 0 aliphatic rings. The molecule has 2 N–H and O–H groups in total. The SMILES string of the molecule is CCCNC(=O)CNc1c(F)c(F)c(F)c(F)c1F. The van der Waals surface area contributed by atoms with Crippen molar-refractivity contribution in [3.63, 3.8) is 0 Å². The number of rotatable bonds is 5. The predicted octanol–water partition coefficient (Wildman–Crippen LogP) is 2.32. The van der Waals surface area contributed by atoms with Crippen molar-refractivity contribution in [1.82, 2.24) is 5.32 Å². The highest BCUT2D eigenvalue weighted by atomic mass is 19.2. The van der Waals surface area contributed by atoms with Gasteiger partial charge in [-0.1, -0.05) is 6.92 Å². The molecule has 0 aliphatic carbocycles. The van der Waals surface area contributed by atoms with Gasteiger partial charge in [0.05, 0.1) is 6.54 Å². The molecule has 0 bridgehead atoms. The fourth-order valence-electron chi connectivity index (χ4n) is 1.26. The summed E-state index contributed by atoms with van der Waals surface area (Å²) < 4.78 is 64.8. The van der Waals surface area contributed by atoms with Crippen LogP contribution in [0.15, 0.2) is 0 Å². The minimum atomic E-state index is -2.24. The van der Waals surface area contributed by atoms with Crippen LogP contribution in [0.5, 0.6) is 0 Å². The van der Waals surface area contributed by atoms with Crippen LogP contribution in [-0.2, 0) is 4.79 Å². The van der Waals surface area contributed by atoms with E-state index in [0.29, 0.717) is 13.0 Å². The first-order valence-electron chi connectivity index (χ1n) is 5.42. The lowest BCUT2D eigenvalue weighted by atomic mass is 10.2. The summed E-state index contributed by atoms with van der Waals surface area (Å²) in [5.74, 6) is -11.0. The van der Waals surface area contributed by atoms with Crippen LogP contribution in [0, 0.1) is 29.1 Å². The molecule has 0 unspecified atom stereocenters. The van der Waals surface area contributed by atoms with Gasteiger partial charge in [0.2, 0.25) is 11.7 Å². The molecule has 0 heterocycles. The Bertz CT molecular complexity index is 463. The van der Waals surface area contributed by atoms with Gasteiger partial charge < -0.3 is 10.6 Å².